The lowest BCUT2D eigenvalue weighted by molar-refractivity contribution is -0.114. The molecule has 0 saturated carbocycles. The van der Waals surface area contributed by atoms with Crippen LogP contribution in [0, 0.1) is 0 Å². The highest BCUT2D eigenvalue weighted by molar-refractivity contribution is 9.10. The quantitative estimate of drug-likeness (QED) is 0.421. The predicted octanol–water partition coefficient (Wildman–Crippen LogP) is 4.77. The molecule has 0 aliphatic carbocycles. The molecule has 0 atom stereocenters. The zero-order valence-corrected chi connectivity index (χ0v) is 21.3. The third-order valence-corrected chi connectivity index (χ3v) is 7.53. The van der Waals surface area contributed by atoms with Gasteiger partial charge in [-0.3, -0.25) is 13.9 Å². The van der Waals surface area contributed by atoms with Gasteiger partial charge in [-0.05, 0) is 62.4 Å². The molecule has 0 unspecified atom stereocenters. The summed E-state index contributed by atoms with van der Waals surface area (Å²) in [5.41, 5.74) is 1.02. The number of nitrogens with zero attached hydrogens (tertiary/aromatic N) is 2. The van der Waals surface area contributed by atoms with E-state index in [1.165, 1.54) is 12.1 Å². The summed E-state index contributed by atoms with van der Waals surface area (Å²) in [5.74, 6) is -0.773. The van der Waals surface area contributed by atoms with Gasteiger partial charge < -0.3 is 10.2 Å². The minimum Gasteiger partial charge on any atom is -0.339 e. The zero-order valence-electron chi connectivity index (χ0n) is 18.9. The van der Waals surface area contributed by atoms with Crippen LogP contribution in [0.4, 0.5) is 11.4 Å². The van der Waals surface area contributed by atoms with Crippen LogP contribution in [-0.2, 0) is 14.8 Å². The van der Waals surface area contributed by atoms with E-state index in [1.54, 1.807) is 71.6 Å². The standard InChI is InChI=1S/C25H26BrN3O4S/c1-3-28(4-2)25(31)22-12-8-9-13-23(22)27-24(30)18-29(20-16-14-19(26)15-17-20)34(32,33)21-10-6-5-7-11-21/h5-17H,3-4,18H2,1-2H3,(H,27,30). The molecule has 9 heteroatoms. The Morgan fingerprint density at radius 2 is 1.44 bits per heavy atom. The number of hydrogen-bond donors (Lipinski definition) is 1. The molecule has 0 aromatic heterocycles. The fourth-order valence-corrected chi connectivity index (χ4v) is 5.13. The van der Waals surface area contributed by atoms with Crippen molar-refractivity contribution in [2.75, 3.05) is 29.3 Å². The highest BCUT2D eigenvalue weighted by Crippen LogP contribution is 2.26. The Labute approximate surface area is 208 Å². The smallest absolute Gasteiger partial charge is 0.264 e. The summed E-state index contributed by atoms with van der Waals surface area (Å²) in [7, 11) is -4.02. The number of carbonyl (C=O) groups is 2. The van der Waals surface area contributed by atoms with Crippen LogP contribution in [0.25, 0.3) is 0 Å². The van der Waals surface area contributed by atoms with Crippen LogP contribution in [0.1, 0.15) is 24.2 Å². The summed E-state index contributed by atoms with van der Waals surface area (Å²) >= 11 is 3.35. The van der Waals surface area contributed by atoms with Gasteiger partial charge in [0, 0.05) is 17.6 Å². The van der Waals surface area contributed by atoms with Crippen LogP contribution in [0.5, 0.6) is 0 Å². The average Bonchev–Trinajstić information content (AvgIpc) is 2.84. The third kappa shape index (κ3) is 5.84. The van der Waals surface area contributed by atoms with Crippen LogP contribution in [0.15, 0.2) is 88.2 Å². The molecule has 1 N–H and O–H groups in total. The van der Waals surface area contributed by atoms with Crippen molar-refractivity contribution in [3.63, 3.8) is 0 Å². The first kappa shape index (κ1) is 25.5. The summed E-state index contributed by atoms with van der Waals surface area (Å²) in [6.07, 6.45) is 0. The number of nitrogens with one attached hydrogen (secondary N) is 1. The normalized spacial score (nSPS) is 11.0. The molecule has 0 aliphatic heterocycles. The summed E-state index contributed by atoms with van der Waals surface area (Å²) < 4.78 is 28.7. The van der Waals surface area contributed by atoms with Crippen molar-refractivity contribution in [1.29, 1.82) is 0 Å². The molecule has 0 spiro atoms. The van der Waals surface area contributed by atoms with E-state index in [2.05, 4.69) is 21.2 Å². The van der Waals surface area contributed by atoms with E-state index in [0.717, 1.165) is 8.78 Å². The molecule has 0 saturated heterocycles. The average molecular weight is 544 g/mol. The Morgan fingerprint density at radius 3 is 2.06 bits per heavy atom. The second-order valence-corrected chi connectivity index (χ2v) is 10.2. The lowest BCUT2D eigenvalue weighted by atomic mass is 10.1. The van der Waals surface area contributed by atoms with Crippen LogP contribution in [-0.4, -0.2) is 44.8 Å². The molecule has 0 aliphatic rings. The largest absolute Gasteiger partial charge is 0.339 e. The second kappa shape index (κ2) is 11.3. The molecule has 0 heterocycles. The van der Waals surface area contributed by atoms with E-state index in [4.69, 9.17) is 0 Å². The Bertz CT molecular complexity index is 1240. The minimum atomic E-state index is -4.02. The fourth-order valence-electron chi connectivity index (χ4n) is 3.42. The molecule has 7 nitrogen and oxygen atoms in total. The van der Waals surface area contributed by atoms with Gasteiger partial charge in [0.1, 0.15) is 6.54 Å². The van der Waals surface area contributed by atoms with E-state index in [1.807, 2.05) is 13.8 Å². The number of anilines is 2. The highest BCUT2D eigenvalue weighted by Gasteiger charge is 2.27. The number of para-hydroxylation sites is 1. The summed E-state index contributed by atoms with van der Waals surface area (Å²) in [5, 5.41) is 2.73. The van der Waals surface area contributed by atoms with E-state index >= 15 is 0 Å². The Balaban J connectivity index is 1.92. The SMILES string of the molecule is CCN(CC)C(=O)c1ccccc1NC(=O)CN(c1ccc(Br)cc1)S(=O)(=O)c1ccccc1. The summed E-state index contributed by atoms with van der Waals surface area (Å²) in [4.78, 5) is 27.7. The highest BCUT2D eigenvalue weighted by atomic mass is 79.9. The van der Waals surface area contributed by atoms with Gasteiger partial charge in [-0.15, -0.1) is 0 Å². The van der Waals surface area contributed by atoms with E-state index in [-0.39, 0.29) is 10.8 Å². The van der Waals surface area contributed by atoms with Gasteiger partial charge in [0.15, 0.2) is 0 Å². The summed E-state index contributed by atoms with van der Waals surface area (Å²) in [6.45, 7) is 4.36. The van der Waals surface area contributed by atoms with E-state index in [0.29, 0.717) is 30.0 Å². The lowest BCUT2D eigenvalue weighted by Crippen LogP contribution is -2.38. The Morgan fingerprint density at radius 1 is 0.853 bits per heavy atom. The van der Waals surface area contributed by atoms with Gasteiger partial charge in [-0.25, -0.2) is 8.42 Å². The number of sulfonamides is 1. The first-order chi connectivity index (χ1) is 16.3. The molecule has 0 bridgehead atoms. The minimum absolute atomic E-state index is 0.0721. The molecular weight excluding hydrogens is 518 g/mol. The number of halogens is 1. The molecule has 0 radical (unpaired) electrons. The number of benzene rings is 3. The first-order valence-electron chi connectivity index (χ1n) is 10.8. The van der Waals surface area contributed by atoms with Gasteiger partial charge in [0.2, 0.25) is 5.91 Å². The monoisotopic (exact) mass is 543 g/mol. The van der Waals surface area contributed by atoms with Gasteiger partial charge in [0.25, 0.3) is 15.9 Å². The summed E-state index contributed by atoms with van der Waals surface area (Å²) in [6, 6.07) is 21.3. The molecular formula is C25H26BrN3O4S. The number of hydrogen-bond acceptors (Lipinski definition) is 4. The molecule has 2 amide bonds. The third-order valence-electron chi connectivity index (χ3n) is 5.22. The van der Waals surface area contributed by atoms with Gasteiger partial charge in [-0.2, -0.15) is 0 Å². The van der Waals surface area contributed by atoms with Crippen molar-refractivity contribution in [2.45, 2.75) is 18.7 Å². The zero-order chi connectivity index (χ0) is 24.7. The fraction of sp³-hybridized carbons (Fsp3) is 0.200. The van der Waals surface area contributed by atoms with Crippen LogP contribution in [0.2, 0.25) is 0 Å². The molecule has 34 heavy (non-hydrogen) atoms. The molecule has 3 aromatic carbocycles. The van der Waals surface area contributed by atoms with Crippen LogP contribution >= 0.6 is 15.9 Å². The first-order valence-corrected chi connectivity index (χ1v) is 13.0. The van der Waals surface area contributed by atoms with Crippen LogP contribution < -0.4 is 9.62 Å². The molecule has 0 fully saturated rings. The van der Waals surface area contributed by atoms with Crippen molar-refractivity contribution < 1.29 is 18.0 Å². The van der Waals surface area contributed by atoms with Crippen molar-refractivity contribution in [2.24, 2.45) is 0 Å². The molecule has 178 valence electrons. The van der Waals surface area contributed by atoms with E-state index in [9.17, 15) is 18.0 Å². The maximum atomic E-state index is 13.4. The topological polar surface area (TPSA) is 86.8 Å². The maximum absolute atomic E-state index is 13.4. The number of amides is 2. The van der Waals surface area contributed by atoms with Crippen molar-refractivity contribution in [3.8, 4) is 0 Å². The Hall–Kier alpha value is -3.17. The Kier molecular flexibility index (Phi) is 8.46. The number of rotatable bonds is 9. The van der Waals surface area contributed by atoms with Gasteiger partial charge in [0.05, 0.1) is 21.8 Å². The lowest BCUT2D eigenvalue weighted by Gasteiger charge is -2.25. The van der Waals surface area contributed by atoms with Gasteiger partial charge in [-0.1, -0.05) is 46.3 Å². The predicted molar refractivity (Wildman–Crippen MR) is 137 cm³/mol. The molecule has 3 rings (SSSR count). The second-order valence-electron chi connectivity index (χ2n) is 7.37. The van der Waals surface area contributed by atoms with Crippen LogP contribution in [0.3, 0.4) is 0 Å². The van der Waals surface area contributed by atoms with Crippen molar-refractivity contribution >= 4 is 49.1 Å². The number of carbonyl (C=O) groups excluding carboxylic acids is 2. The molecule has 3 aromatic rings. The van der Waals surface area contributed by atoms with E-state index < -0.39 is 22.5 Å². The maximum Gasteiger partial charge on any atom is 0.264 e. The van der Waals surface area contributed by atoms with Crippen molar-refractivity contribution in [1.82, 2.24) is 4.90 Å². The van der Waals surface area contributed by atoms with Crippen molar-refractivity contribution in [3.05, 3.63) is 88.9 Å². The van der Waals surface area contributed by atoms with Gasteiger partial charge >= 0.3 is 0 Å².